The maximum absolute atomic E-state index is 5.42. The van der Waals surface area contributed by atoms with Gasteiger partial charge < -0.3 is 15.5 Å². The van der Waals surface area contributed by atoms with Crippen LogP contribution in [-0.4, -0.2) is 34.2 Å². The molecule has 1 saturated carbocycles. The van der Waals surface area contributed by atoms with Gasteiger partial charge in [-0.2, -0.15) is 4.98 Å². The molecule has 0 spiro atoms. The van der Waals surface area contributed by atoms with Gasteiger partial charge in [-0.05, 0) is 44.8 Å². The van der Waals surface area contributed by atoms with Crippen molar-refractivity contribution in [1.82, 2.24) is 15.3 Å². The molecule has 0 radical (unpaired) electrons. The summed E-state index contributed by atoms with van der Waals surface area (Å²) in [6.45, 7) is 4.17. The van der Waals surface area contributed by atoms with Crippen molar-refractivity contribution in [2.75, 3.05) is 23.3 Å². The maximum Gasteiger partial charge on any atom is 0.231 e. The van der Waals surface area contributed by atoms with E-state index < -0.39 is 0 Å². The van der Waals surface area contributed by atoms with Crippen molar-refractivity contribution >= 4 is 29.1 Å². The molecule has 1 saturated heterocycles. The fraction of sp³-hybridized carbons (Fsp3) is 0.688. The van der Waals surface area contributed by atoms with E-state index in [4.69, 9.17) is 12.2 Å². The molecule has 120 valence electrons. The zero-order valence-electron chi connectivity index (χ0n) is 13.3. The number of hydrogen-bond acceptors (Lipinski definition) is 4. The molecule has 22 heavy (non-hydrogen) atoms. The van der Waals surface area contributed by atoms with E-state index in [0.29, 0.717) is 17.1 Å². The van der Waals surface area contributed by atoms with Crippen LogP contribution in [0.15, 0.2) is 6.07 Å². The van der Waals surface area contributed by atoms with Crippen LogP contribution in [0.5, 0.6) is 0 Å². The molecular formula is C16H25N5S. The van der Waals surface area contributed by atoms with E-state index in [1.807, 2.05) is 13.0 Å². The van der Waals surface area contributed by atoms with Crippen LogP contribution in [0.4, 0.5) is 11.8 Å². The number of aromatic nitrogens is 2. The first-order valence-electron chi connectivity index (χ1n) is 8.39. The Balaban J connectivity index is 1.62. The van der Waals surface area contributed by atoms with Crippen LogP contribution in [0, 0.1) is 6.92 Å². The average Bonchev–Trinajstić information content (AvgIpc) is 3.01. The lowest BCUT2D eigenvalue weighted by Gasteiger charge is -2.24. The smallest absolute Gasteiger partial charge is 0.231 e. The monoisotopic (exact) mass is 319 g/mol. The number of thiocarbonyl (C=S) groups is 1. The van der Waals surface area contributed by atoms with Gasteiger partial charge in [0.15, 0.2) is 5.11 Å². The maximum atomic E-state index is 5.42. The van der Waals surface area contributed by atoms with Gasteiger partial charge in [0, 0.05) is 30.9 Å². The first-order chi connectivity index (χ1) is 10.7. The molecular weight excluding hydrogens is 294 g/mol. The van der Waals surface area contributed by atoms with Crippen LogP contribution in [0.25, 0.3) is 0 Å². The van der Waals surface area contributed by atoms with E-state index in [0.717, 1.165) is 24.6 Å². The van der Waals surface area contributed by atoms with Gasteiger partial charge >= 0.3 is 0 Å². The molecule has 1 aromatic rings. The van der Waals surface area contributed by atoms with E-state index in [2.05, 4.69) is 25.5 Å². The number of aryl methyl sites for hydroxylation is 1. The summed E-state index contributed by atoms with van der Waals surface area (Å²) in [5.74, 6) is 1.61. The van der Waals surface area contributed by atoms with Crippen LogP contribution in [0.3, 0.4) is 0 Å². The highest BCUT2D eigenvalue weighted by molar-refractivity contribution is 7.80. The topological polar surface area (TPSA) is 53.1 Å². The van der Waals surface area contributed by atoms with E-state index >= 15 is 0 Å². The molecule has 0 amide bonds. The largest absolute Gasteiger partial charge is 0.360 e. The Labute approximate surface area is 137 Å². The summed E-state index contributed by atoms with van der Waals surface area (Å²) in [5, 5.41) is 7.21. The molecule has 6 heteroatoms. The minimum Gasteiger partial charge on any atom is -0.360 e. The van der Waals surface area contributed by atoms with Gasteiger partial charge in [-0.15, -0.1) is 0 Å². The van der Waals surface area contributed by atoms with Crippen molar-refractivity contribution in [2.45, 2.75) is 57.9 Å². The second-order valence-corrected chi connectivity index (χ2v) is 6.73. The van der Waals surface area contributed by atoms with Crippen molar-refractivity contribution in [3.05, 3.63) is 11.8 Å². The number of hydrogen-bond donors (Lipinski definition) is 2. The SMILES string of the molecule is Cc1cc(N2CCCC2)nc(NC(=S)NC2CCCCC2)n1. The molecule has 0 atom stereocenters. The van der Waals surface area contributed by atoms with Gasteiger partial charge in [0.1, 0.15) is 5.82 Å². The summed E-state index contributed by atoms with van der Waals surface area (Å²) >= 11 is 5.42. The van der Waals surface area contributed by atoms with Crippen LogP contribution >= 0.6 is 12.2 Å². The van der Waals surface area contributed by atoms with Crippen LogP contribution in [-0.2, 0) is 0 Å². The first-order valence-corrected chi connectivity index (χ1v) is 8.80. The highest BCUT2D eigenvalue weighted by atomic mass is 32.1. The van der Waals surface area contributed by atoms with Crippen molar-refractivity contribution in [2.24, 2.45) is 0 Å². The summed E-state index contributed by atoms with van der Waals surface area (Å²) in [6, 6.07) is 2.55. The third kappa shape index (κ3) is 4.06. The second-order valence-electron chi connectivity index (χ2n) is 6.32. The van der Waals surface area contributed by atoms with Gasteiger partial charge in [-0.1, -0.05) is 19.3 Å². The van der Waals surface area contributed by atoms with Gasteiger partial charge in [-0.3, -0.25) is 0 Å². The van der Waals surface area contributed by atoms with E-state index in [-0.39, 0.29) is 0 Å². The Kier molecular flexibility index (Phi) is 5.08. The molecule has 2 N–H and O–H groups in total. The zero-order chi connectivity index (χ0) is 15.4. The molecule has 1 aliphatic heterocycles. The number of anilines is 2. The summed E-state index contributed by atoms with van der Waals surface area (Å²) in [4.78, 5) is 11.4. The normalized spacial score (nSPS) is 19.2. The number of nitrogens with zero attached hydrogens (tertiary/aromatic N) is 3. The average molecular weight is 319 g/mol. The standard InChI is InChI=1S/C16H25N5S/c1-12-11-14(21-9-5-6-10-21)19-15(17-12)20-16(22)18-13-7-3-2-4-8-13/h11,13H,2-10H2,1H3,(H2,17,18,19,20,22). The lowest BCUT2D eigenvalue weighted by atomic mass is 9.96. The highest BCUT2D eigenvalue weighted by Crippen LogP contribution is 2.20. The highest BCUT2D eigenvalue weighted by Gasteiger charge is 2.17. The second kappa shape index (κ2) is 7.22. The summed E-state index contributed by atoms with van der Waals surface area (Å²) in [6.07, 6.45) is 8.82. The number of nitrogens with one attached hydrogen (secondary N) is 2. The molecule has 0 unspecified atom stereocenters. The van der Waals surface area contributed by atoms with E-state index in [9.17, 15) is 0 Å². The quantitative estimate of drug-likeness (QED) is 0.835. The molecule has 2 fully saturated rings. The minimum absolute atomic E-state index is 0.497. The van der Waals surface area contributed by atoms with Crippen molar-refractivity contribution < 1.29 is 0 Å². The van der Waals surface area contributed by atoms with Crippen molar-refractivity contribution in [3.8, 4) is 0 Å². The summed E-state index contributed by atoms with van der Waals surface area (Å²) in [7, 11) is 0. The molecule has 0 aromatic carbocycles. The summed E-state index contributed by atoms with van der Waals surface area (Å²) in [5.41, 5.74) is 0.972. The Hall–Kier alpha value is -1.43. The summed E-state index contributed by atoms with van der Waals surface area (Å²) < 4.78 is 0. The van der Waals surface area contributed by atoms with Crippen LogP contribution in [0.1, 0.15) is 50.6 Å². The van der Waals surface area contributed by atoms with Crippen LogP contribution < -0.4 is 15.5 Å². The van der Waals surface area contributed by atoms with E-state index in [1.54, 1.807) is 0 Å². The molecule has 0 bridgehead atoms. The molecule has 1 aliphatic carbocycles. The third-order valence-corrected chi connectivity index (χ3v) is 4.66. The third-order valence-electron chi connectivity index (χ3n) is 4.44. The van der Waals surface area contributed by atoms with Crippen LogP contribution in [0.2, 0.25) is 0 Å². The fourth-order valence-corrected chi connectivity index (χ4v) is 3.54. The molecule has 2 aliphatic rings. The minimum atomic E-state index is 0.497. The molecule has 5 nitrogen and oxygen atoms in total. The lowest BCUT2D eigenvalue weighted by molar-refractivity contribution is 0.414. The Bertz CT molecular complexity index is 521. The zero-order valence-corrected chi connectivity index (χ0v) is 14.1. The molecule has 3 rings (SSSR count). The number of rotatable bonds is 3. The Morgan fingerprint density at radius 2 is 1.86 bits per heavy atom. The van der Waals surface area contributed by atoms with Gasteiger partial charge in [0.25, 0.3) is 0 Å². The molecule has 1 aromatic heterocycles. The predicted molar refractivity (Wildman–Crippen MR) is 94.4 cm³/mol. The fourth-order valence-electron chi connectivity index (χ4n) is 3.29. The lowest BCUT2D eigenvalue weighted by Crippen LogP contribution is -2.39. The Morgan fingerprint density at radius 3 is 2.59 bits per heavy atom. The Morgan fingerprint density at radius 1 is 1.14 bits per heavy atom. The van der Waals surface area contributed by atoms with Crippen molar-refractivity contribution in [1.29, 1.82) is 0 Å². The van der Waals surface area contributed by atoms with Crippen molar-refractivity contribution in [3.63, 3.8) is 0 Å². The van der Waals surface area contributed by atoms with Gasteiger partial charge in [0.2, 0.25) is 5.95 Å². The van der Waals surface area contributed by atoms with Gasteiger partial charge in [0.05, 0.1) is 0 Å². The van der Waals surface area contributed by atoms with E-state index in [1.165, 1.54) is 44.9 Å². The first kappa shape index (κ1) is 15.5. The predicted octanol–water partition coefficient (Wildman–Crippen LogP) is 3.00. The van der Waals surface area contributed by atoms with Gasteiger partial charge in [-0.25, -0.2) is 4.98 Å². The molecule has 2 heterocycles.